The van der Waals surface area contributed by atoms with Gasteiger partial charge in [0.2, 0.25) is 0 Å². The standard InChI is InChI=1S/C37H29OP/c1-39(2,38)31-21-17-26(18-22-31)28-20-24-35-34(25-28)33-23-19-27-11-9-10-16-32(27)36(33)37(35,29-12-5-3-6-13-29)30-14-7-4-8-15-30/h3-25H,1-2H3. The van der Waals surface area contributed by atoms with Gasteiger partial charge >= 0.3 is 0 Å². The Bertz CT molecular complexity index is 1840. The first kappa shape index (κ1) is 23.9. The lowest BCUT2D eigenvalue weighted by molar-refractivity contribution is 0.588. The number of hydrogen-bond acceptors (Lipinski definition) is 1. The van der Waals surface area contributed by atoms with Crippen LogP contribution >= 0.6 is 7.14 Å². The summed E-state index contributed by atoms with van der Waals surface area (Å²) >= 11 is 0. The van der Waals surface area contributed by atoms with E-state index in [0.717, 1.165) is 10.9 Å². The third kappa shape index (κ3) is 3.65. The highest BCUT2D eigenvalue weighted by Crippen LogP contribution is 2.58. The average Bonchev–Trinajstić information content (AvgIpc) is 3.29. The van der Waals surface area contributed by atoms with Crippen LogP contribution in [0.4, 0.5) is 0 Å². The molecule has 0 radical (unpaired) electrons. The second-order valence-corrected chi connectivity index (χ2v) is 14.1. The Kier molecular flexibility index (Phi) is 5.48. The lowest BCUT2D eigenvalue weighted by atomic mass is 9.66. The molecule has 7 rings (SSSR count). The molecule has 0 atom stereocenters. The van der Waals surface area contributed by atoms with Crippen LogP contribution in [0.25, 0.3) is 33.0 Å². The molecule has 0 aliphatic heterocycles. The van der Waals surface area contributed by atoms with E-state index in [0.29, 0.717) is 0 Å². The highest BCUT2D eigenvalue weighted by molar-refractivity contribution is 7.70. The molecule has 6 aromatic carbocycles. The molecule has 0 saturated carbocycles. The van der Waals surface area contributed by atoms with E-state index in [2.05, 4.69) is 127 Å². The molecule has 1 aliphatic rings. The van der Waals surface area contributed by atoms with Gasteiger partial charge in [0, 0.05) is 5.30 Å². The zero-order chi connectivity index (χ0) is 26.6. The molecule has 0 fully saturated rings. The van der Waals surface area contributed by atoms with Crippen LogP contribution in [-0.2, 0) is 9.98 Å². The van der Waals surface area contributed by atoms with E-state index in [4.69, 9.17) is 0 Å². The number of rotatable bonds is 4. The molecule has 2 heteroatoms. The fraction of sp³-hybridized carbons (Fsp3) is 0.0811. The molecule has 0 saturated heterocycles. The van der Waals surface area contributed by atoms with Crippen molar-refractivity contribution in [1.82, 2.24) is 0 Å². The molecular weight excluding hydrogens is 491 g/mol. The lowest BCUT2D eigenvalue weighted by Gasteiger charge is -2.34. The lowest BCUT2D eigenvalue weighted by Crippen LogP contribution is -2.28. The number of benzene rings is 6. The quantitative estimate of drug-likeness (QED) is 0.212. The second kappa shape index (κ2) is 8.94. The zero-order valence-electron chi connectivity index (χ0n) is 22.1. The van der Waals surface area contributed by atoms with E-state index < -0.39 is 12.6 Å². The van der Waals surface area contributed by atoms with Gasteiger partial charge in [0.15, 0.2) is 0 Å². The summed E-state index contributed by atoms with van der Waals surface area (Å²) in [5.74, 6) is 0. The molecule has 188 valence electrons. The monoisotopic (exact) mass is 520 g/mol. The van der Waals surface area contributed by atoms with Crippen LogP contribution in [0.3, 0.4) is 0 Å². The van der Waals surface area contributed by atoms with Crippen molar-refractivity contribution < 1.29 is 4.57 Å². The maximum absolute atomic E-state index is 12.6. The van der Waals surface area contributed by atoms with Gasteiger partial charge in [0.05, 0.1) is 5.41 Å². The van der Waals surface area contributed by atoms with Crippen LogP contribution < -0.4 is 5.30 Å². The van der Waals surface area contributed by atoms with Crippen LogP contribution in [0.15, 0.2) is 140 Å². The largest absolute Gasteiger partial charge is 0.319 e. The van der Waals surface area contributed by atoms with Crippen molar-refractivity contribution in [3.05, 3.63) is 162 Å². The molecule has 1 aliphatic carbocycles. The van der Waals surface area contributed by atoms with Gasteiger partial charge in [-0.15, -0.1) is 0 Å². The van der Waals surface area contributed by atoms with Gasteiger partial charge in [-0.1, -0.05) is 133 Å². The summed E-state index contributed by atoms with van der Waals surface area (Å²) in [6, 6.07) is 50.4. The summed E-state index contributed by atoms with van der Waals surface area (Å²) in [5, 5.41) is 3.45. The van der Waals surface area contributed by atoms with Gasteiger partial charge in [-0.2, -0.15) is 0 Å². The number of fused-ring (bicyclic) bond motifs is 5. The van der Waals surface area contributed by atoms with E-state index in [-0.39, 0.29) is 0 Å². The van der Waals surface area contributed by atoms with Crippen molar-refractivity contribution in [1.29, 1.82) is 0 Å². The van der Waals surface area contributed by atoms with Crippen molar-refractivity contribution in [2.24, 2.45) is 0 Å². The molecule has 0 heterocycles. The average molecular weight is 521 g/mol. The summed E-state index contributed by atoms with van der Waals surface area (Å²) in [6.45, 7) is 3.65. The minimum Gasteiger partial charge on any atom is -0.319 e. The maximum atomic E-state index is 12.6. The summed E-state index contributed by atoms with van der Waals surface area (Å²) in [4.78, 5) is 0. The molecule has 0 spiro atoms. The first-order valence-electron chi connectivity index (χ1n) is 13.4. The second-order valence-electron chi connectivity index (χ2n) is 10.8. The molecular formula is C37H29OP. The Labute approximate surface area is 230 Å². The molecule has 0 N–H and O–H groups in total. The van der Waals surface area contributed by atoms with Crippen molar-refractivity contribution in [3.8, 4) is 22.3 Å². The molecule has 39 heavy (non-hydrogen) atoms. The van der Waals surface area contributed by atoms with Gasteiger partial charge < -0.3 is 4.57 Å². The topological polar surface area (TPSA) is 17.1 Å². The number of hydrogen-bond donors (Lipinski definition) is 0. The normalized spacial score (nSPS) is 13.7. The fourth-order valence-electron chi connectivity index (χ4n) is 6.46. The maximum Gasteiger partial charge on any atom is 0.109 e. The van der Waals surface area contributed by atoms with Crippen LogP contribution in [0.1, 0.15) is 22.3 Å². The summed E-state index contributed by atoms with van der Waals surface area (Å²) in [6.07, 6.45) is 0. The van der Waals surface area contributed by atoms with Gasteiger partial charge in [-0.3, -0.25) is 0 Å². The van der Waals surface area contributed by atoms with Crippen molar-refractivity contribution in [3.63, 3.8) is 0 Å². The van der Waals surface area contributed by atoms with Crippen LogP contribution in [0.2, 0.25) is 0 Å². The van der Waals surface area contributed by atoms with E-state index in [1.807, 2.05) is 25.5 Å². The predicted octanol–water partition coefficient (Wildman–Crippen LogP) is 9.12. The van der Waals surface area contributed by atoms with Crippen LogP contribution in [-0.4, -0.2) is 13.3 Å². The first-order valence-corrected chi connectivity index (χ1v) is 16.0. The van der Waals surface area contributed by atoms with E-state index >= 15 is 0 Å². The minimum absolute atomic E-state index is 0.437. The Balaban J connectivity index is 1.56. The summed E-state index contributed by atoms with van der Waals surface area (Å²) in [5.41, 5.74) is 9.60. The summed E-state index contributed by atoms with van der Waals surface area (Å²) < 4.78 is 12.6. The molecule has 0 amide bonds. The van der Waals surface area contributed by atoms with E-state index in [1.54, 1.807) is 0 Å². The SMILES string of the molecule is CP(C)(=O)c1ccc(-c2ccc3c(c2)-c2ccc4ccccc4c2C3(c2ccccc2)c2ccccc2)cc1. The fourth-order valence-corrected chi connectivity index (χ4v) is 7.33. The minimum atomic E-state index is -2.30. The molecule has 0 unspecified atom stereocenters. The Hall–Kier alpha value is -4.19. The smallest absolute Gasteiger partial charge is 0.109 e. The van der Waals surface area contributed by atoms with Gasteiger partial charge in [0.25, 0.3) is 0 Å². The van der Waals surface area contributed by atoms with Crippen LogP contribution in [0.5, 0.6) is 0 Å². The molecule has 1 nitrogen and oxygen atoms in total. The van der Waals surface area contributed by atoms with Gasteiger partial charge in [-0.25, -0.2) is 0 Å². The predicted molar refractivity (Wildman–Crippen MR) is 166 cm³/mol. The highest BCUT2D eigenvalue weighted by atomic mass is 31.2. The summed E-state index contributed by atoms with van der Waals surface area (Å²) in [7, 11) is -2.30. The van der Waals surface area contributed by atoms with E-state index in [9.17, 15) is 4.57 Å². The molecule has 6 aromatic rings. The van der Waals surface area contributed by atoms with Crippen molar-refractivity contribution in [2.75, 3.05) is 13.3 Å². The Morgan fingerprint density at radius 3 is 1.77 bits per heavy atom. The molecule has 0 aromatic heterocycles. The highest BCUT2D eigenvalue weighted by Gasteiger charge is 2.47. The van der Waals surface area contributed by atoms with Crippen LogP contribution in [0, 0.1) is 0 Å². The third-order valence-electron chi connectivity index (χ3n) is 8.25. The van der Waals surface area contributed by atoms with Gasteiger partial charge in [-0.05, 0) is 74.7 Å². The van der Waals surface area contributed by atoms with Gasteiger partial charge in [0.1, 0.15) is 7.14 Å². The Morgan fingerprint density at radius 1 is 0.538 bits per heavy atom. The molecule has 0 bridgehead atoms. The first-order chi connectivity index (χ1) is 19.0. The third-order valence-corrected chi connectivity index (χ3v) is 9.80. The Morgan fingerprint density at radius 2 is 1.13 bits per heavy atom. The van der Waals surface area contributed by atoms with E-state index in [1.165, 1.54) is 49.7 Å². The van der Waals surface area contributed by atoms with Crippen molar-refractivity contribution in [2.45, 2.75) is 5.41 Å². The van der Waals surface area contributed by atoms with Crippen molar-refractivity contribution >= 4 is 23.2 Å². The zero-order valence-corrected chi connectivity index (χ0v) is 23.0.